The molecule has 0 aliphatic rings. The Morgan fingerprint density at radius 3 is 1.52 bits per heavy atom. The van der Waals surface area contributed by atoms with Crippen LogP contribution >= 0.6 is 0 Å². The zero-order valence-electron chi connectivity index (χ0n) is 28.1. The molecule has 0 fully saturated rings. The van der Waals surface area contributed by atoms with E-state index in [0.29, 0.717) is 5.82 Å². The Morgan fingerprint density at radius 1 is 0.385 bits per heavy atom. The van der Waals surface area contributed by atoms with Crippen LogP contribution in [-0.4, -0.2) is 14.5 Å². The van der Waals surface area contributed by atoms with Crippen molar-refractivity contribution in [3.8, 4) is 62.0 Å². The number of hydrogen-bond donors (Lipinski definition) is 0. The highest BCUT2D eigenvalue weighted by Gasteiger charge is 2.15. The molecule has 52 heavy (non-hydrogen) atoms. The molecule has 0 saturated carbocycles. The number of fused-ring (bicyclic) bond motifs is 4. The van der Waals surface area contributed by atoms with E-state index in [1.165, 1.54) is 32.9 Å². The van der Waals surface area contributed by atoms with Crippen LogP contribution in [0.3, 0.4) is 0 Å². The molecule has 0 atom stereocenters. The van der Waals surface area contributed by atoms with E-state index in [9.17, 15) is 0 Å². The summed E-state index contributed by atoms with van der Waals surface area (Å²) in [7, 11) is 0. The van der Waals surface area contributed by atoms with Crippen molar-refractivity contribution >= 4 is 32.8 Å². The van der Waals surface area contributed by atoms with Crippen molar-refractivity contribution in [3.05, 3.63) is 188 Å². The predicted octanol–water partition coefficient (Wildman–Crippen LogP) is 12.7. The smallest absolute Gasteiger partial charge is 0.160 e. The van der Waals surface area contributed by atoms with Crippen LogP contribution < -0.4 is 0 Å². The second-order valence-corrected chi connectivity index (χ2v) is 13.0. The summed E-state index contributed by atoms with van der Waals surface area (Å²) in [4.78, 5) is 10.3. The molecule has 10 rings (SSSR count). The summed E-state index contributed by atoms with van der Waals surface area (Å²) in [6.07, 6.45) is 0. The molecule has 244 valence electrons. The summed E-state index contributed by atoms with van der Waals surface area (Å²) in [6, 6.07) is 65.5. The molecular formula is C48H31N3O. The van der Waals surface area contributed by atoms with Crippen molar-refractivity contribution in [2.24, 2.45) is 0 Å². The molecule has 0 N–H and O–H groups in total. The van der Waals surface area contributed by atoms with Crippen molar-refractivity contribution in [1.29, 1.82) is 0 Å². The van der Waals surface area contributed by atoms with E-state index >= 15 is 0 Å². The highest BCUT2D eigenvalue weighted by molar-refractivity contribution is 6.09. The number of nitrogens with zero attached hydrogens (tertiary/aromatic N) is 3. The van der Waals surface area contributed by atoms with Crippen LogP contribution in [0, 0.1) is 0 Å². The molecule has 0 amide bonds. The second kappa shape index (κ2) is 12.4. The van der Waals surface area contributed by atoms with E-state index in [0.717, 1.165) is 56.1 Å². The zero-order valence-corrected chi connectivity index (χ0v) is 28.1. The summed E-state index contributed by atoms with van der Waals surface area (Å²) in [6.45, 7) is 0. The van der Waals surface area contributed by atoms with Crippen molar-refractivity contribution < 1.29 is 4.42 Å². The van der Waals surface area contributed by atoms with E-state index in [-0.39, 0.29) is 0 Å². The Kier molecular flexibility index (Phi) is 7.10. The number of benzene rings is 7. The molecule has 0 aliphatic heterocycles. The molecule has 0 saturated heterocycles. The maximum Gasteiger partial charge on any atom is 0.160 e. The molecule has 0 spiro atoms. The molecule has 0 radical (unpaired) electrons. The Labute approximate surface area is 300 Å². The quantitative estimate of drug-likeness (QED) is 0.178. The Hall–Kier alpha value is -7.04. The van der Waals surface area contributed by atoms with E-state index < -0.39 is 0 Å². The molecule has 0 bridgehead atoms. The molecule has 3 heterocycles. The molecular weight excluding hydrogens is 635 g/mol. The van der Waals surface area contributed by atoms with Gasteiger partial charge in [0.05, 0.1) is 22.4 Å². The lowest BCUT2D eigenvalue weighted by Gasteiger charge is -2.12. The predicted molar refractivity (Wildman–Crippen MR) is 213 cm³/mol. The second-order valence-electron chi connectivity index (χ2n) is 13.0. The fraction of sp³-hybridized carbons (Fsp3) is 0. The van der Waals surface area contributed by atoms with Gasteiger partial charge in [-0.25, -0.2) is 9.97 Å². The van der Waals surface area contributed by atoms with Crippen molar-refractivity contribution in [2.45, 2.75) is 0 Å². The van der Waals surface area contributed by atoms with Crippen LogP contribution in [0.15, 0.2) is 192 Å². The molecule has 3 aromatic heterocycles. The SMILES string of the molecule is c1ccc(-c2ccc(-c3cc(-c4ccc(-c5cc6ccccc6o5)cc4)nc(-c4ccc(-n5c6ccccc6c6ccccc65)cc4)n3)cc2)cc1. The molecule has 0 aliphatic carbocycles. The normalized spacial score (nSPS) is 11.5. The number of furan rings is 1. The third-order valence-corrected chi connectivity index (χ3v) is 9.87. The van der Waals surface area contributed by atoms with Crippen LogP contribution in [0.2, 0.25) is 0 Å². The minimum absolute atomic E-state index is 0.676. The standard InChI is InChI=1S/C48H31N3O/c1-2-10-32(11-3-1)33-18-20-34(21-19-33)42-31-43(35-22-24-36(25-23-35)47-30-38-12-4-9-17-46(38)52-47)50-48(49-42)37-26-28-39(29-27-37)51-44-15-7-5-13-40(44)41-14-6-8-16-45(41)51/h1-31H. The maximum absolute atomic E-state index is 6.15. The molecule has 0 unspecified atom stereocenters. The summed E-state index contributed by atoms with van der Waals surface area (Å²) in [5.41, 5.74) is 12.4. The highest BCUT2D eigenvalue weighted by Crippen LogP contribution is 2.35. The zero-order chi connectivity index (χ0) is 34.4. The summed E-state index contributed by atoms with van der Waals surface area (Å²) in [5.74, 6) is 1.52. The first-order valence-corrected chi connectivity index (χ1v) is 17.5. The van der Waals surface area contributed by atoms with E-state index in [4.69, 9.17) is 14.4 Å². The topological polar surface area (TPSA) is 43.9 Å². The fourth-order valence-corrected chi connectivity index (χ4v) is 7.23. The van der Waals surface area contributed by atoms with Crippen LogP contribution in [0.5, 0.6) is 0 Å². The molecule has 7 aromatic carbocycles. The van der Waals surface area contributed by atoms with Crippen LogP contribution in [0.1, 0.15) is 0 Å². The first kappa shape index (κ1) is 29.8. The van der Waals surface area contributed by atoms with Gasteiger partial charge in [0.2, 0.25) is 0 Å². The minimum atomic E-state index is 0.676. The number of para-hydroxylation sites is 3. The lowest BCUT2D eigenvalue weighted by atomic mass is 10.0. The average molecular weight is 666 g/mol. The van der Waals surface area contributed by atoms with Gasteiger partial charge in [-0.05, 0) is 65.7 Å². The van der Waals surface area contributed by atoms with Crippen LogP contribution in [-0.2, 0) is 0 Å². The van der Waals surface area contributed by atoms with Crippen LogP contribution in [0.25, 0.3) is 94.8 Å². The van der Waals surface area contributed by atoms with E-state index in [1.807, 2.05) is 24.3 Å². The molecule has 4 nitrogen and oxygen atoms in total. The van der Waals surface area contributed by atoms with Gasteiger partial charge < -0.3 is 8.98 Å². The number of aromatic nitrogens is 3. The third-order valence-electron chi connectivity index (χ3n) is 9.87. The third kappa shape index (κ3) is 5.26. The van der Waals surface area contributed by atoms with Gasteiger partial charge in [-0.15, -0.1) is 0 Å². The van der Waals surface area contributed by atoms with Gasteiger partial charge in [0.15, 0.2) is 5.82 Å². The van der Waals surface area contributed by atoms with Crippen molar-refractivity contribution in [1.82, 2.24) is 14.5 Å². The van der Waals surface area contributed by atoms with Gasteiger partial charge in [-0.3, -0.25) is 0 Å². The largest absolute Gasteiger partial charge is 0.456 e. The van der Waals surface area contributed by atoms with Gasteiger partial charge in [0, 0.05) is 44.1 Å². The van der Waals surface area contributed by atoms with Gasteiger partial charge in [-0.2, -0.15) is 0 Å². The molecule has 10 aromatic rings. The van der Waals surface area contributed by atoms with E-state index in [2.05, 4.69) is 168 Å². The monoisotopic (exact) mass is 665 g/mol. The van der Waals surface area contributed by atoms with Crippen molar-refractivity contribution in [2.75, 3.05) is 0 Å². The molecule has 4 heteroatoms. The Balaban J connectivity index is 1.06. The number of rotatable bonds is 6. The highest BCUT2D eigenvalue weighted by atomic mass is 16.3. The summed E-state index contributed by atoms with van der Waals surface area (Å²) >= 11 is 0. The first-order valence-electron chi connectivity index (χ1n) is 17.5. The Morgan fingerprint density at radius 2 is 0.885 bits per heavy atom. The van der Waals surface area contributed by atoms with Crippen LogP contribution in [0.4, 0.5) is 0 Å². The van der Waals surface area contributed by atoms with Crippen molar-refractivity contribution in [3.63, 3.8) is 0 Å². The summed E-state index contributed by atoms with van der Waals surface area (Å²) < 4.78 is 8.48. The fourth-order valence-electron chi connectivity index (χ4n) is 7.23. The number of hydrogen-bond acceptors (Lipinski definition) is 3. The first-order chi connectivity index (χ1) is 25.7. The van der Waals surface area contributed by atoms with Gasteiger partial charge in [0.25, 0.3) is 0 Å². The van der Waals surface area contributed by atoms with Gasteiger partial charge >= 0.3 is 0 Å². The lowest BCUT2D eigenvalue weighted by Crippen LogP contribution is -1.97. The Bertz CT molecular complexity index is 2780. The summed E-state index contributed by atoms with van der Waals surface area (Å²) in [5, 5.41) is 3.58. The van der Waals surface area contributed by atoms with E-state index in [1.54, 1.807) is 0 Å². The van der Waals surface area contributed by atoms with Gasteiger partial charge in [0.1, 0.15) is 11.3 Å². The minimum Gasteiger partial charge on any atom is -0.456 e. The maximum atomic E-state index is 6.15. The lowest BCUT2D eigenvalue weighted by molar-refractivity contribution is 0.631. The van der Waals surface area contributed by atoms with Gasteiger partial charge in [-0.1, -0.05) is 133 Å². The average Bonchev–Trinajstić information content (AvgIpc) is 3.81.